The third-order valence-corrected chi connectivity index (χ3v) is 3.67. The number of hydrogen-bond acceptors (Lipinski definition) is 6. The fourth-order valence-corrected chi connectivity index (χ4v) is 2.42. The number of rotatable bonds is 6. The van der Waals surface area contributed by atoms with E-state index < -0.39 is 5.97 Å². The SMILES string of the molecule is COc1ccc(C(=O)COc2ccc3cccc(OC(C)=O)c3n2)cc1. The molecule has 0 unspecified atom stereocenters. The van der Waals surface area contributed by atoms with E-state index in [0.717, 1.165) is 5.39 Å². The number of esters is 1. The number of nitrogens with zero attached hydrogens (tertiary/aromatic N) is 1. The lowest BCUT2D eigenvalue weighted by Crippen LogP contribution is -2.12. The van der Waals surface area contributed by atoms with Crippen LogP contribution in [0.5, 0.6) is 17.4 Å². The maximum Gasteiger partial charge on any atom is 0.308 e. The van der Waals surface area contributed by atoms with E-state index in [-0.39, 0.29) is 18.3 Å². The normalized spacial score (nSPS) is 10.4. The number of carbonyl (C=O) groups excluding carboxylic acids is 2. The van der Waals surface area contributed by atoms with Crippen molar-refractivity contribution in [2.75, 3.05) is 13.7 Å². The second kappa shape index (κ2) is 7.65. The number of ketones is 1. The van der Waals surface area contributed by atoms with Crippen LogP contribution < -0.4 is 14.2 Å². The largest absolute Gasteiger partial charge is 0.497 e. The predicted octanol–water partition coefficient (Wildman–Crippen LogP) is 3.43. The van der Waals surface area contributed by atoms with Crippen molar-refractivity contribution in [3.05, 3.63) is 60.2 Å². The molecule has 0 bridgehead atoms. The number of ether oxygens (including phenoxy) is 3. The smallest absolute Gasteiger partial charge is 0.308 e. The number of hydrogen-bond donors (Lipinski definition) is 0. The molecule has 0 spiro atoms. The Labute approximate surface area is 150 Å². The Hall–Kier alpha value is -3.41. The van der Waals surface area contributed by atoms with Gasteiger partial charge in [-0.15, -0.1) is 0 Å². The van der Waals surface area contributed by atoms with Gasteiger partial charge in [-0.25, -0.2) is 4.98 Å². The molecule has 3 rings (SSSR count). The first kappa shape index (κ1) is 17.4. The monoisotopic (exact) mass is 351 g/mol. The maximum atomic E-state index is 12.2. The minimum absolute atomic E-state index is 0.152. The summed E-state index contributed by atoms with van der Waals surface area (Å²) in [7, 11) is 1.56. The van der Waals surface area contributed by atoms with E-state index in [4.69, 9.17) is 14.2 Å². The topological polar surface area (TPSA) is 74.7 Å². The Bertz CT molecular complexity index is 950. The molecule has 132 valence electrons. The number of aromatic nitrogens is 1. The van der Waals surface area contributed by atoms with E-state index >= 15 is 0 Å². The molecule has 0 amide bonds. The highest BCUT2D eigenvalue weighted by Crippen LogP contribution is 2.26. The highest BCUT2D eigenvalue weighted by Gasteiger charge is 2.10. The second-order valence-electron chi connectivity index (χ2n) is 5.51. The first-order chi connectivity index (χ1) is 12.6. The molecule has 6 heteroatoms. The molecule has 0 aliphatic heterocycles. The summed E-state index contributed by atoms with van der Waals surface area (Å²) in [6.45, 7) is 1.17. The third kappa shape index (κ3) is 3.97. The van der Waals surface area contributed by atoms with Gasteiger partial charge in [0.15, 0.2) is 18.1 Å². The summed E-state index contributed by atoms with van der Waals surface area (Å²) in [4.78, 5) is 27.8. The van der Waals surface area contributed by atoms with Crippen molar-refractivity contribution in [1.29, 1.82) is 0 Å². The molecule has 0 aliphatic carbocycles. The molecule has 2 aromatic carbocycles. The summed E-state index contributed by atoms with van der Waals surface area (Å²) in [5.41, 5.74) is 1.02. The Balaban J connectivity index is 1.75. The zero-order valence-corrected chi connectivity index (χ0v) is 14.4. The van der Waals surface area contributed by atoms with Crippen LogP contribution in [0.2, 0.25) is 0 Å². The molecular weight excluding hydrogens is 334 g/mol. The van der Waals surface area contributed by atoms with Gasteiger partial charge in [-0.2, -0.15) is 0 Å². The van der Waals surface area contributed by atoms with Gasteiger partial charge in [0.05, 0.1) is 7.11 Å². The van der Waals surface area contributed by atoms with E-state index in [1.807, 2.05) is 6.07 Å². The Morgan fingerprint density at radius 3 is 2.46 bits per heavy atom. The standard InChI is InChI=1S/C20H17NO5/c1-13(22)26-18-5-3-4-15-8-11-19(21-20(15)18)25-12-17(23)14-6-9-16(24-2)10-7-14/h3-11H,12H2,1-2H3. The summed E-state index contributed by atoms with van der Waals surface area (Å²) >= 11 is 0. The molecule has 3 aromatic rings. The quantitative estimate of drug-likeness (QED) is 0.385. The molecule has 1 heterocycles. The van der Waals surface area contributed by atoms with Gasteiger partial charge >= 0.3 is 5.97 Å². The van der Waals surface area contributed by atoms with Gasteiger partial charge in [0.1, 0.15) is 11.3 Å². The van der Waals surface area contributed by atoms with Crippen molar-refractivity contribution in [2.45, 2.75) is 6.92 Å². The van der Waals surface area contributed by atoms with Crippen LogP contribution in [0.3, 0.4) is 0 Å². The summed E-state index contributed by atoms with van der Waals surface area (Å²) < 4.78 is 15.7. The van der Waals surface area contributed by atoms with Crippen molar-refractivity contribution >= 4 is 22.7 Å². The number of Topliss-reactive ketones (excluding diaryl/α,β-unsaturated/α-hetero) is 1. The Morgan fingerprint density at radius 2 is 1.77 bits per heavy atom. The van der Waals surface area contributed by atoms with Crippen LogP contribution in [0.1, 0.15) is 17.3 Å². The molecule has 0 saturated heterocycles. The van der Waals surface area contributed by atoms with Gasteiger partial charge < -0.3 is 14.2 Å². The molecular formula is C20H17NO5. The summed E-state index contributed by atoms with van der Waals surface area (Å²) in [5, 5.41) is 0.803. The van der Waals surface area contributed by atoms with Crippen molar-refractivity contribution in [3.8, 4) is 17.4 Å². The summed E-state index contributed by atoms with van der Waals surface area (Å²) in [5.74, 6) is 0.695. The van der Waals surface area contributed by atoms with Gasteiger partial charge in [-0.1, -0.05) is 12.1 Å². The van der Waals surface area contributed by atoms with Gasteiger partial charge in [-0.05, 0) is 36.4 Å². The number of benzene rings is 2. The average Bonchev–Trinajstić information content (AvgIpc) is 2.66. The molecule has 0 radical (unpaired) electrons. The lowest BCUT2D eigenvalue weighted by Gasteiger charge is -2.09. The lowest BCUT2D eigenvalue weighted by molar-refractivity contribution is -0.131. The van der Waals surface area contributed by atoms with Gasteiger partial charge in [-0.3, -0.25) is 9.59 Å². The van der Waals surface area contributed by atoms with Gasteiger partial charge in [0.25, 0.3) is 0 Å². The van der Waals surface area contributed by atoms with E-state index in [9.17, 15) is 9.59 Å². The number of methoxy groups -OCH3 is 1. The van der Waals surface area contributed by atoms with Crippen molar-refractivity contribution in [3.63, 3.8) is 0 Å². The van der Waals surface area contributed by atoms with Crippen molar-refractivity contribution in [2.24, 2.45) is 0 Å². The molecule has 0 N–H and O–H groups in total. The minimum Gasteiger partial charge on any atom is -0.497 e. The fraction of sp³-hybridized carbons (Fsp3) is 0.150. The first-order valence-corrected chi connectivity index (χ1v) is 7.95. The summed E-state index contributed by atoms with van der Waals surface area (Å²) in [6.07, 6.45) is 0. The van der Waals surface area contributed by atoms with Crippen LogP contribution in [-0.4, -0.2) is 30.5 Å². The van der Waals surface area contributed by atoms with Crippen LogP contribution in [-0.2, 0) is 4.79 Å². The molecule has 0 fully saturated rings. The van der Waals surface area contributed by atoms with Crippen LogP contribution in [0.15, 0.2) is 54.6 Å². The molecule has 0 aliphatic rings. The van der Waals surface area contributed by atoms with Crippen molar-refractivity contribution in [1.82, 2.24) is 4.98 Å². The third-order valence-electron chi connectivity index (χ3n) is 3.67. The fourth-order valence-electron chi connectivity index (χ4n) is 2.42. The van der Waals surface area contributed by atoms with Crippen LogP contribution in [0.25, 0.3) is 10.9 Å². The second-order valence-corrected chi connectivity index (χ2v) is 5.51. The lowest BCUT2D eigenvalue weighted by atomic mass is 10.1. The van der Waals surface area contributed by atoms with Crippen LogP contribution >= 0.6 is 0 Å². The van der Waals surface area contributed by atoms with E-state index in [0.29, 0.717) is 22.6 Å². The van der Waals surface area contributed by atoms with Crippen LogP contribution in [0.4, 0.5) is 0 Å². The maximum absolute atomic E-state index is 12.2. The van der Waals surface area contributed by atoms with Crippen molar-refractivity contribution < 1.29 is 23.8 Å². The number of pyridine rings is 1. The van der Waals surface area contributed by atoms with E-state index in [1.54, 1.807) is 55.6 Å². The van der Waals surface area contributed by atoms with Gasteiger partial charge in [0.2, 0.25) is 5.88 Å². The number of para-hydroxylation sites is 1. The Kier molecular flexibility index (Phi) is 5.12. The van der Waals surface area contributed by atoms with Gasteiger partial charge in [0, 0.05) is 23.9 Å². The zero-order valence-electron chi connectivity index (χ0n) is 14.4. The molecule has 0 atom stereocenters. The average molecular weight is 351 g/mol. The minimum atomic E-state index is -0.430. The predicted molar refractivity (Wildman–Crippen MR) is 95.9 cm³/mol. The summed E-state index contributed by atoms with van der Waals surface area (Å²) in [6, 6.07) is 15.5. The first-order valence-electron chi connectivity index (χ1n) is 7.95. The van der Waals surface area contributed by atoms with E-state index in [1.165, 1.54) is 6.92 Å². The molecule has 6 nitrogen and oxygen atoms in total. The highest BCUT2D eigenvalue weighted by atomic mass is 16.5. The molecule has 26 heavy (non-hydrogen) atoms. The Morgan fingerprint density at radius 1 is 1.00 bits per heavy atom. The highest BCUT2D eigenvalue weighted by molar-refractivity contribution is 5.97. The number of carbonyl (C=O) groups is 2. The molecule has 0 saturated carbocycles. The van der Waals surface area contributed by atoms with Crippen LogP contribution in [0, 0.1) is 0 Å². The zero-order chi connectivity index (χ0) is 18.5. The number of fused-ring (bicyclic) bond motifs is 1. The van der Waals surface area contributed by atoms with E-state index in [2.05, 4.69) is 4.98 Å². The molecule has 1 aromatic heterocycles.